The van der Waals surface area contributed by atoms with Gasteiger partial charge in [0.25, 0.3) is 5.56 Å². The van der Waals surface area contributed by atoms with Crippen molar-refractivity contribution < 1.29 is 4.74 Å². The van der Waals surface area contributed by atoms with Gasteiger partial charge in [0.2, 0.25) is 5.88 Å². The third-order valence-corrected chi connectivity index (χ3v) is 4.77. The van der Waals surface area contributed by atoms with E-state index in [0.717, 1.165) is 11.3 Å². The highest BCUT2D eigenvalue weighted by Gasteiger charge is 2.34. The molecule has 4 heterocycles. The third-order valence-electron chi connectivity index (χ3n) is 4.77. The Bertz CT molecular complexity index is 1160. The summed E-state index contributed by atoms with van der Waals surface area (Å²) >= 11 is 0. The highest BCUT2D eigenvalue weighted by atomic mass is 16.5. The fourth-order valence-corrected chi connectivity index (χ4v) is 3.44. The summed E-state index contributed by atoms with van der Waals surface area (Å²) in [7, 11) is 0. The van der Waals surface area contributed by atoms with Gasteiger partial charge in [0.1, 0.15) is 17.4 Å². The van der Waals surface area contributed by atoms with Crippen molar-refractivity contribution in [2.45, 2.75) is 19.4 Å². The molecule has 0 amide bonds. The van der Waals surface area contributed by atoms with E-state index in [0.29, 0.717) is 23.4 Å². The van der Waals surface area contributed by atoms with Gasteiger partial charge < -0.3 is 15.0 Å². The van der Waals surface area contributed by atoms with Gasteiger partial charge in [0.15, 0.2) is 0 Å². The maximum atomic E-state index is 13.5. The van der Waals surface area contributed by atoms with Gasteiger partial charge in [-0.05, 0) is 30.2 Å². The molecule has 0 aromatic carbocycles. The highest BCUT2D eigenvalue weighted by Crippen LogP contribution is 2.40. The first kappa shape index (κ1) is 17.5. The number of nitriles is 1. The van der Waals surface area contributed by atoms with Gasteiger partial charge in [-0.15, -0.1) is 0 Å². The van der Waals surface area contributed by atoms with Crippen molar-refractivity contribution in [3.63, 3.8) is 0 Å². The third kappa shape index (κ3) is 2.91. The van der Waals surface area contributed by atoms with Gasteiger partial charge >= 0.3 is 0 Å². The topological polar surface area (TPSA) is 107 Å². The van der Waals surface area contributed by atoms with Crippen molar-refractivity contribution in [2.75, 3.05) is 0 Å². The number of rotatable bonds is 3. The Morgan fingerprint density at radius 2 is 2.00 bits per heavy atom. The molecule has 1 atom stereocenters. The van der Waals surface area contributed by atoms with E-state index in [-0.39, 0.29) is 17.0 Å². The molecule has 0 fully saturated rings. The molecule has 28 heavy (non-hydrogen) atoms. The minimum absolute atomic E-state index is 0.00709. The zero-order chi connectivity index (χ0) is 19.7. The Morgan fingerprint density at radius 3 is 2.64 bits per heavy atom. The molecule has 138 valence electrons. The van der Waals surface area contributed by atoms with Crippen molar-refractivity contribution in [2.24, 2.45) is 5.73 Å². The van der Waals surface area contributed by atoms with Crippen LogP contribution in [0.3, 0.4) is 0 Å². The van der Waals surface area contributed by atoms with Gasteiger partial charge in [0.05, 0.1) is 18.0 Å². The van der Waals surface area contributed by atoms with Crippen LogP contribution < -0.4 is 16.0 Å². The van der Waals surface area contributed by atoms with Gasteiger partial charge in [-0.2, -0.15) is 5.26 Å². The first-order chi connectivity index (χ1) is 13.6. The average molecular weight is 371 g/mol. The van der Waals surface area contributed by atoms with Crippen molar-refractivity contribution in [1.29, 1.82) is 5.26 Å². The number of hydrogen-bond donors (Lipinski definition) is 1. The number of hydrogen-bond acceptors (Lipinski definition) is 6. The van der Waals surface area contributed by atoms with Crippen LogP contribution in [0.25, 0.3) is 0 Å². The Kier molecular flexibility index (Phi) is 4.38. The van der Waals surface area contributed by atoms with Crippen LogP contribution in [0.2, 0.25) is 0 Å². The van der Waals surface area contributed by atoms with E-state index >= 15 is 0 Å². The molecular weight excluding hydrogens is 354 g/mol. The molecule has 0 saturated carbocycles. The smallest absolute Gasteiger partial charge is 0.259 e. The zero-order valence-electron chi connectivity index (χ0n) is 15.2. The lowest BCUT2D eigenvalue weighted by Crippen LogP contribution is -2.33. The second-order valence-electron chi connectivity index (χ2n) is 6.53. The Morgan fingerprint density at radius 1 is 1.25 bits per heavy atom. The van der Waals surface area contributed by atoms with Crippen LogP contribution in [0.5, 0.6) is 5.75 Å². The number of aromatic nitrogens is 3. The maximum absolute atomic E-state index is 13.5. The summed E-state index contributed by atoms with van der Waals surface area (Å²) in [5.74, 6) is -0.251. The lowest BCUT2D eigenvalue weighted by Gasteiger charge is -2.27. The van der Waals surface area contributed by atoms with Crippen LogP contribution in [-0.2, 0) is 6.54 Å². The molecule has 1 aliphatic heterocycles. The monoisotopic (exact) mass is 371 g/mol. The molecule has 2 N–H and O–H groups in total. The van der Waals surface area contributed by atoms with E-state index in [2.05, 4.69) is 16.0 Å². The molecule has 0 aliphatic carbocycles. The minimum atomic E-state index is -0.629. The van der Waals surface area contributed by atoms with Crippen LogP contribution in [0.15, 0.2) is 71.4 Å². The second-order valence-corrected chi connectivity index (χ2v) is 6.53. The summed E-state index contributed by atoms with van der Waals surface area (Å²) in [4.78, 5) is 21.7. The Labute approximate surface area is 161 Å². The van der Waals surface area contributed by atoms with E-state index in [9.17, 15) is 10.1 Å². The molecule has 0 unspecified atom stereocenters. The van der Waals surface area contributed by atoms with Crippen molar-refractivity contribution in [3.8, 4) is 11.8 Å². The standard InChI is InChI=1S/C21H17N5O2/c1-13-8-17-19(21(27)26(13)12-14-4-2-6-24-10-14)18(15-5-3-7-25-11-15)16(9-22)20(23)28-17/h2-8,10-11,18H,12,23H2,1H3/t18-/m0/s1. The Balaban J connectivity index is 1.93. The fourth-order valence-electron chi connectivity index (χ4n) is 3.44. The zero-order valence-corrected chi connectivity index (χ0v) is 15.2. The summed E-state index contributed by atoms with van der Waals surface area (Å²) in [6.45, 7) is 2.20. The highest BCUT2D eigenvalue weighted by molar-refractivity contribution is 5.54. The summed E-state index contributed by atoms with van der Waals surface area (Å²) in [5.41, 5.74) is 8.69. The van der Waals surface area contributed by atoms with Gasteiger partial charge in [0, 0.05) is 36.5 Å². The SMILES string of the molecule is Cc1cc2c(c(=O)n1Cc1cccnc1)[C@@H](c1cccnc1)C(C#N)=C(N)O2. The number of fused-ring (bicyclic) bond motifs is 1. The molecule has 7 heteroatoms. The molecule has 0 radical (unpaired) electrons. The molecule has 1 aliphatic rings. The summed E-state index contributed by atoms with van der Waals surface area (Å²) in [6.07, 6.45) is 6.68. The number of aryl methyl sites for hydroxylation is 1. The van der Waals surface area contributed by atoms with Crippen molar-refractivity contribution in [3.05, 3.63) is 99.3 Å². The normalized spacial score (nSPS) is 15.5. The van der Waals surface area contributed by atoms with Crippen LogP contribution in [0.1, 0.15) is 28.3 Å². The Hall–Kier alpha value is -3.92. The van der Waals surface area contributed by atoms with Crippen LogP contribution in [0, 0.1) is 18.3 Å². The fraction of sp³-hybridized carbons (Fsp3) is 0.143. The molecule has 0 saturated heterocycles. The lowest BCUT2D eigenvalue weighted by molar-refractivity contribution is 0.389. The van der Waals surface area contributed by atoms with Crippen molar-refractivity contribution >= 4 is 0 Å². The van der Waals surface area contributed by atoms with Crippen LogP contribution >= 0.6 is 0 Å². The molecule has 7 nitrogen and oxygen atoms in total. The average Bonchev–Trinajstić information content (AvgIpc) is 2.71. The summed E-state index contributed by atoms with van der Waals surface area (Å²) < 4.78 is 7.29. The largest absolute Gasteiger partial charge is 0.440 e. The first-order valence-corrected chi connectivity index (χ1v) is 8.71. The summed E-state index contributed by atoms with van der Waals surface area (Å²) in [6, 6.07) is 11.2. The van der Waals surface area contributed by atoms with E-state index in [1.54, 1.807) is 41.5 Å². The second kappa shape index (κ2) is 7.00. The number of pyridine rings is 3. The van der Waals surface area contributed by atoms with Gasteiger partial charge in [-0.1, -0.05) is 12.1 Å². The number of nitrogens with zero attached hydrogens (tertiary/aromatic N) is 4. The summed E-state index contributed by atoms with van der Waals surface area (Å²) in [5, 5.41) is 9.66. The van der Waals surface area contributed by atoms with Crippen LogP contribution in [-0.4, -0.2) is 14.5 Å². The van der Waals surface area contributed by atoms with E-state index in [4.69, 9.17) is 10.5 Å². The van der Waals surface area contributed by atoms with E-state index in [1.807, 2.05) is 25.1 Å². The molecule has 3 aromatic heterocycles. The maximum Gasteiger partial charge on any atom is 0.259 e. The molecule has 4 rings (SSSR count). The molecular formula is C21H17N5O2. The number of nitrogens with two attached hydrogens (primary N) is 1. The van der Waals surface area contributed by atoms with Crippen LogP contribution in [0.4, 0.5) is 0 Å². The van der Waals surface area contributed by atoms with E-state index in [1.165, 1.54) is 0 Å². The quantitative estimate of drug-likeness (QED) is 0.756. The molecule has 3 aromatic rings. The van der Waals surface area contributed by atoms with Gasteiger partial charge in [-0.3, -0.25) is 14.8 Å². The predicted molar refractivity (Wildman–Crippen MR) is 102 cm³/mol. The molecule has 0 bridgehead atoms. The van der Waals surface area contributed by atoms with Crippen molar-refractivity contribution in [1.82, 2.24) is 14.5 Å². The lowest BCUT2D eigenvalue weighted by atomic mass is 9.85. The molecule has 0 spiro atoms. The predicted octanol–water partition coefficient (Wildman–Crippen LogP) is 2.21. The van der Waals surface area contributed by atoms with E-state index < -0.39 is 5.92 Å². The number of ether oxygens (including phenoxy) is 1. The minimum Gasteiger partial charge on any atom is -0.440 e. The number of allylic oxidation sites excluding steroid dienone is 1. The van der Waals surface area contributed by atoms with Gasteiger partial charge in [-0.25, -0.2) is 0 Å². The first-order valence-electron chi connectivity index (χ1n) is 8.71.